The molecule has 0 fully saturated rings. The number of fused-ring (bicyclic) bond motifs is 9. The van der Waals surface area contributed by atoms with Gasteiger partial charge in [0.25, 0.3) is 0 Å². The second-order valence-electron chi connectivity index (χ2n) is 13.3. The number of anilines is 3. The highest BCUT2D eigenvalue weighted by molar-refractivity contribution is 7.26. The van der Waals surface area contributed by atoms with Crippen molar-refractivity contribution in [3.8, 4) is 16.8 Å². The fraction of sp³-hybridized carbons (Fsp3) is 0. The Hall–Kier alpha value is -6.62. The minimum absolute atomic E-state index is 0.872. The molecule has 0 N–H and O–H groups in total. The molecule has 0 aliphatic rings. The van der Waals surface area contributed by atoms with Crippen LogP contribution in [-0.2, 0) is 0 Å². The Morgan fingerprint density at radius 2 is 1.10 bits per heavy atom. The van der Waals surface area contributed by atoms with E-state index >= 15 is 0 Å². The number of rotatable bonds is 5. The first-order valence-electron chi connectivity index (χ1n) is 17.6. The summed E-state index contributed by atoms with van der Waals surface area (Å²) in [5.74, 6) is 0. The quantitative estimate of drug-likeness (QED) is 0.180. The van der Waals surface area contributed by atoms with Crippen molar-refractivity contribution in [2.24, 2.45) is 0 Å². The lowest BCUT2D eigenvalue weighted by Gasteiger charge is -2.27. The van der Waals surface area contributed by atoms with Gasteiger partial charge in [-0.2, -0.15) is 0 Å². The number of thiophene rings is 1. The minimum atomic E-state index is 0.872. The molecule has 3 aromatic heterocycles. The Morgan fingerprint density at radius 3 is 1.90 bits per heavy atom. The lowest BCUT2D eigenvalue weighted by atomic mass is 9.99. The number of hydrogen-bond acceptors (Lipinski definition) is 3. The smallest absolute Gasteiger partial charge is 0.145 e. The van der Waals surface area contributed by atoms with Gasteiger partial charge in [-0.3, -0.25) is 0 Å². The topological polar surface area (TPSA) is 21.3 Å². The number of benzene rings is 8. The Bertz CT molecular complexity index is 3100. The zero-order chi connectivity index (χ0) is 34.2. The van der Waals surface area contributed by atoms with E-state index in [1.54, 1.807) is 0 Å². The Labute approximate surface area is 303 Å². The average Bonchev–Trinajstić information content (AvgIpc) is 3.89. The standard InChI is InChI=1S/C48H30N2OS/c1-2-15-32(16-3-1)49(41-24-13-27-45-46(41)38-21-7-11-26-44(38)52-45)42-29-28-34(48-47(42)37-20-6-10-25-43(37)51-48)31-14-12-17-33(30-31)50-39-22-8-4-18-35(39)36-19-5-9-23-40(36)50/h1-30H. The third-order valence-electron chi connectivity index (χ3n) is 10.4. The van der Waals surface area contributed by atoms with Crippen LogP contribution in [0.5, 0.6) is 0 Å². The van der Waals surface area contributed by atoms with Crippen molar-refractivity contribution in [1.82, 2.24) is 4.57 Å². The van der Waals surface area contributed by atoms with E-state index in [1.165, 1.54) is 42.0 Å². The molecule has 0 atom stereocenters. The number of para-hydroxylation sites is 4. The van der Waals surface area contributed by atoms with E-state index in [0.717, 1.165) is 55.8 Å². The predicted molar refractivity (Wildman–Crippen MR) is 221 cm³/mol. The van der Waals surface area contributed by atoms with Crippen LogP contribution in [0.25, 0.3) is 80.7 Å². The first-order valence-corrected chi connectivity index (χ1v) is 18.4. The van der Waals surface area contributed by atoms with E-state index in [9.17, 15) is 0 Å². The van der Waals surface area contributed by atoms with Gasteiger partial charge in [0.05, 0.1) is 27.8 Å². The van der Waals surface area contributed by atoms with Gasteiger partial charge in [0.2, 0.25) is 0 Å². The van der Waals surface area contributed by atoms with Crippen LogP contribution in [-0.4, -0.2) is 4.57 Å². The van der Waals surface area contributed by atoms with Gasteiger partial charge in [-0.25, -0.2) is 0 Å². The van der Waals surface area contributed by atoms with Crippen molar-refractivity contribution in [1.29, 1.82) is 0 Å². The molecule has 0 radical (unpaired) electrons. The van der Waals surface area contributed by atoms with Gasteiger partial charge >= 0.3 is 0 Å². The van der Waals surface area contributed by atoms with E-state index in [2.05, 4.69) is 191 Å². The molecule has 0 unspecified atom stereocenters. The maximum Gasteiger partial charge on any atom is 0.145 e. The highest BCUT2D eigenvalue weighted by Crippen LogP contribution is 2.49. The monoisotopic (exact) mass is 682 g/mol. The van der Waals surface area contributed by atoms with Gasteiger partial charge < -0.3 is 13.9 Å². The van der Waals surface area contributed by atoms with E-state index in [0.29, 0.717) is 0 Å². The van der Waals surface area contributed by atoms with Crippen molar-refractivity contribution >= 4 is 92.3 Å². The van der Waals surface area contributed by atoms with Crippen LogP contribution in [0.15, 0.2) is 186 Å². The summed E-state index contributed by atoms with van der Waals surface area (Å²) in [5.41, 5.74) is 10.7. The number of furan rings is 1. The number of aromatic nitrogens is 1. The molecule has 3 heterocycles. The molecule has 11 aromatic rings. The van der Waals surface area contributed by atoms with E-state index in [4.69, 9.17) is 4.42 Å². The average molecular weight is 683 g/mol. The summed E-state index contributed by atoms with van der Waals surface area (Å²) in [6.45, 7) is 0. The van der Waals surface area contributed by atoms with Crippen molar-refractivity contribution in [3.05, 3.63) is 182 Å². The second kappa shape index (κ2) is 11.5. The van der Waals surface area contributed by atoms with Crippen molar-refractivity contribution < 1.29 is 4.42 Å². The van der Waals surface area contributed by atoms with Crippen LogP contribution in [0.2, 0.25) is 0 Å². The minimum Gasteiger partial charge on any atom is -0.455 e. The van der Waals surface area contributed by atoms with Crippen molar-refractivity contribution in [2.45, 2.75) is 0 Å². The Balaban J connectivity index is 1.18. The van der Waals surface area contributed by atoms with Crippen molar-refractivity contribution in [3.63, 3.8) is 0 Å². The summed E-state index contributed by atoms with van der Waals surface area (Å²) in [6, 6.07) is 65.3. The van der Waals surface area contributed by atoms with Crippen LogP contribution in [0.3, 0.4) is 0 Å². The molecule has 0 bridgehead atoms. The zero-order valence-electron chi connectivity index (χ0n) is 28.0. The molecule has 0 aliphatic heterocycles. The second-order valence-corrected chi connectivity index (χ2v) is 14.4. The summed E-state index contributed by atoms with van der Waals surface area (Å²) in [7, 11) is 0. The normalized spacial score (nSPS) is 11.8. The highest BCUT2D eigenvalue weighted by atomic mass is 32.1. The third-order valence-corrected chi connectivity index (χ3v) is 11.5. The Morgan fingerprint density at radius 1 is 0.462 bits per heavy atom. The van der Waals surface area contributed by atoms with Gasteiger partial charge in [0, 0.05) is 53.3 Å². The molecule has 0 saturated heterocycles. The summed E-state index contributed by atoms with van der Waals surface area (Å²) in [5, 5.41) is 7.22. The summed E-state index contributed by atoms with van der Waals surface area (Å²) >= 11 is 1.85. The molecular weight excluding hydrogens is 653 g/mol. The highest BCUT2D eigenvalue weighted by Gasteiger charge is 2.24. The lowest BCUT2D eigenvalue weighted by molar-refractivity contribution is 0.670. The van der Waals surface area contributed by atoms with Crippen LogP contribution in [0, 0.1) is 0 Å². The molecule has 52 heavy (non-hydrogen) atoms. The van der Waals surface area contributed by atoms with Crippen LogP contribution in [0.1, 0.15) is 0 Å². The molecule has 0 aliphatic carbocycles. The van der Waals surface area contributed by atoms with Crippen LogP contribution < -0.4 is 4.90 Å². The molecule has 244 valence electrons. The maximum absolute atomic E-state index is 6.88. The van der Waals surface area contributed by atoms with Gasteiger partial charge in [0.15, 0.2) is 0 Å². The van der Waals surface area contributed by atoms with E-state index in [-0.39, 0.29) is 0 Å². The van der Waals surface area contributed by atoms with Gasteiger partial charge in [0.1, 0.15) is 11.2 Å². The molecule has 11 rings (SSSR count). The summed E-state index contributed by atoms with van der Waals surface area (Å²) in [6.07, 6.45) is 0. The summed E-state index contributed by atoms with van der Waals surface area (Å²) in [4.78, 5) is 2.42. The lowest BCUT2D eigenvalue weighted by Crippen LogP contribution is -2.10. The Kier molecular flexibility index (Phi) is 6.42. The fourth-order valence-electron chi connectivity index (χ4n) is 8.16. The van der Waals surface area contributed by atoms with Gasteiger partial charge in [-0.05, 0) is 78.4 Å². The maximum atomic E-state index is 6.88. The van der Waals surface area contributed by atoms with Crippen LogP contribution in [0.4, 0.5) is 17.1 Å². The molecule has 0 spiro atoms. The van der Waals surface area contributed by atoms with E-state index in [1.807, 2.05) is 11.3 Å². The van der Waals surface area contributed by atoms with Gasteiger partial charge in [-0.15, -0.1) is 11.3 Å². The zero-order valence-corrected chi connectivity index (χ0v) is 28.8. The first kappa shape index (κ1) is 29.1. The predicted octanol–water partition coefficient (Wildman–Crippen LogP) is 14.2. The SMILES string of the molecule is c1ccc(N(c2cccc3sc4ccccc4c23)c2ccc(-c3cccc(-n4c5ccccc5c5ccccc54)c3)c3oc4ccccc4c23)cc1. The van der Waals surface area contributed by atoms with Gasteiger partial charge in [-0.1, -0.05) is 109 Å². The van der Waals surface area contributed by atoms with Crippen LogP contribution >= 0.6 is 11.3 Å². The molecule has 0 amide bonds. The summed E-state index contributed by atoms with van der Waals surface area (Å²) < 4.78 is 11.8. The molecular formula is C48H30N2OS. The molecule has 3 nitrogen and oxygen atoms in total. The fourth-order valence-corrected chi connectivity index (χ4v) is 9.29. The van der Waals surface area contributed by atoms with Crippen molar-refractivity contribution in [2.75, 3.05) is 4.90 Å². The molecule has 0 saturated carbocycles. The molecule has 8 aromatic carbocycles. The first-order chi connectivity index (χ1) is 25.8. The van der Waals surface area contributed by atoms with E-state index < -0.39 is 0 Å². The number of nitrogens with zero attached hydrogens (tertiary/aromatic N) is 2. The third kappa shape index (κ3) is 4.31. The number of hydrogen-bond donors (Lipinski definition) is 0. The molecule has 4 heteroatoms. The largest absolute Gasteiger partial charge is 0.455 e.